The van der Waals surface area contributed by atoms with Crippen LogP contribution in [0.2, 0.25) is 0 Å². The van der Waals surface area contributed by atoms with E-state index in [0.29, 0.717) is 29.7 Å². The van der Waals surface area contributed by atoms with E-state index >= 15 is 0 Å². The lowest BCUT2D eigenvalue weighted by molar-refractivity contribution is 0.0950. The Kier molecular flexibility index (Phi) is 6.40. The largest absolute Gasteiger partial charge is 0.352 e. The van der Waals surface area contributed by atoms with Crippen molar-refractivity contribution in [3.8, 4) is 0 Å². The number of nitrogens with zero attached hydrogens (tertiary/aromatic N) is 4. The maximum absolute atomic E-state index is 12.4. The van der Waals surface area contributed by atoms with Crippen molar-refractivity contribution in [1.82, 2.24) is 20.2 Å². The van der Waals surface area contributed by atoms with E-state index in [-0.39, 0.29) is 5.91 Å². The van der Waals surface area contributed by atoms with Crippen LogP contribution in [0.15, 0.2) is 36.5 Å². The maximum Gasteiger partial charge on any atom is 0.254 e. The SMILES string of the molecule is Cc1nc(N(C)C)ncc1C(=O)NCC[C@H]1CCN(Cc2ccccc2)C1. The molecule has 0 bridgehead atoms. The summed E-state index contributed by atoms with van der Waals surface area (Å²) in [5, 5.41) is 3.03. The molecule has 0 aliphatic carbocycles. The molecule has 0 unspecified atom stereocenters. The molecule has 1 saturated heterocycles. The predicted octanol–water partition coefficient (Wildman–Crippen LogP) is 2.49. The number of hydrogen-bond donors (Lipinski definition) is 1. The molecule has 0 radical (unpaired) electrons. The zero-order valence-corrected chi connectivity index (χ0v) is 16.5. The van der Waals surface area contributed by atoms with Crippen molar-refractivity contribution in [3.63, 3.8) is 0 Å². The van der Waals surface area contributed by atoms with Gasteiger partial charge in [0.05, 0.1) is 11.3 Å². The summed E-state index contributed by atoms with van der Waals surface area (Å²) < 4.78 is 0. The van der Waals surface area contributed by atoms with E-state index in [1.165, 1.54) is 12.0 Å². The Morgan fingerprint density at radius 1 is 1.30 bits per heavy atom. The fraction of sp³-hybridized carbons (Fsp3) is 0.476. The summed E-state index contributed by atoms with van der Waals surface area (Å²) in [6, 6.07) is 10.6. The number of likely N-dealkylation sites (tertiary alicyclic amines) is 1. The van der Waals surface area contributed by atoms with Gasteiger partial charge in [0.15, 0.2) is 0 Å². The molecule has 1 N–H and O–H groups in total. The molecular weight excluding hydrogens is 338 g/mol. The highest BCUT2D eigenvalue weighted by atomic mass is 16.1. The second kappa shape index (κ2) is 8.95. The fourth-order valence-corrected chi connectivity index (χ4v) is 3.51. The summed E-state index contributed by atoms with van der Waals surface area (Å²) in [6.45, 7) is 5.79. The summed E-state index contributed by atoms with van der Waals surface area (Å²) in [7, 11) is 3.77. The van der Waals surface area contributed by atoms with E-state index in [1.807, 2.05) is 25.9 Å². The summed E-state index contributed by atoms with van der Waals surface area (Å²) in [5.74, 6) is 1.17. The molecule has 6 nitrogen and oxygen atoms in total. The lowest BCUT2D eigenvalue weighted by atomic mass is 10.1. The Morgan fingerprint density at radius 3 is 2.78 bits per heavy atom. The van der Waals surface area contributed by atoms with Gasteiger partial charge in [-0.05, 0) is 37.8 Å². The third-order valence-corrected chi connectivity index (χ3v) is 5.07. The van der Waals surface area contributed by atoms with E-state index < -0.39 is 0 Å². The minimum absolute atomic E-state index is 0.0862. The number of nitrogens with one attached hydrogen (secondary N) is 1. The first kappa shape index (κ1) is 19.3. The first-order chi connectivity index (χ1) is 13.0. The minimum Gasteiger partial charge on any atom is -0.352 e. The van der Waals surface area contributed by atoms with Gasteiger partial charge < -0.3 is 10.2 Å². The van der Waals surface area contributed by atoms with E-state index in [4.69, 9.17) is 0 Å². The van der Waals surface area contributed by atoms with Crippen LogP contribution < -0.4 is 10.2 Å². The van der Waals surface area contributed by atoms with E-state index in [9.17, 15) is 4.79 Å². The Balaban J connectivity index is 1.43. The normalized spacial score (nSPS) is 17.1. The molecule has 1 aromatic carbocycles. The molecule has 6 heteroatoms. The van der Waals surface area contributed by atoms with Crippen molar-refractivity contribution in [2.75, 3.05) is 38.6 Å². The number of amides is 1. The average molecular weight is 367 g/mol. The van der Waals surface area contributed by atoms with E-state index in [2.05, 4.69) is 50.5 Å². The van der Waals surface area contributed by atoms with Crippen molar-refractivity contribution >= 4 is 11.9 Å². The quantitative estimate of drug-likeness (QED) is 0.815. The summed E-state index contributed by atoms with van der Waals surface area (Å²) >= 11 is 0. The lowest BCUT2D eigenvalue weighted by Gasteiger charge is -2.16. The number of anilines is 1. The molecule has 1 aliphatic rings. The Bertz CT molecular complexity index is 762. The molecule has 1 aliphatic heterocycles. The topological polar surface area (TPSA) is 61.4 Å². The van der Waals surface area contributed by atoms with Crippen molar-refractivity contribution in [2.24, 2.45) is 5.92 Å². The molecule has 144 valence electrons. The van der Waals surface area contributed by atoms with Gasteiger partial charge in [-0.25, -0.2) is 9.97 Å². The van der Waals surface area contributed by atoms with Gasteiger partial charge in [0.2, 0.25) is 5.95 Å². The van der Waals surface area contributed by atoms with Gasteiger partial charge in [-0.1, -0.05) is 30.3 Å². The van der Waals surface area contributed by atoms with Crippen LogP contribution in [0.25, 0.3) is 0 Å². The molecule has 1 atom stereocenters. The average Bonchev–Trinajstić information content (AvgIpc) is 3.09. The number of benzene rings is 1. The van der Waals surface area contributed by atoms with Gasteiger partial charge in [0.25, 0.3) is 5.91 Å². The number of carbonyl (C=O) groups is 1. The molecule has 2 aromatic rings. The molecule has 0 spiro atoms. The third kappa shape index (κ3) is 5.26. The van der Waals surface area contributed by atoms with Gasteiger partial charge in [-0.15, -0.1) is 0 Å². The minimum atomic E-state index is -0.0862. The van der Waals surface area contributed by atoms with Crippen molar-refractivity contribution in [3.05, 3.63) is 53.3 Å². The van der Waals surface area contributed by atoms with Crippen LogP contribution in [-0.2, 0) is 6.54 Å². The maximum atomic E-state index is 12.4. The fourth-order valence-electron chi connectivity index (χ4n) is 3.51. The number of aryl methyl sites for hydroxylation is 1. The number of carbonyl (C=O) groups excluding carboxylic acids is 1. The summed E-state index contributed by atoms with van der Waals surface area (Å²) in [6.07, 6.45) is 3.82. The summed E-state index contributed by atoms with van der Waals surface area (Å²) in [5.41, 5.74) is 2.63. The van der Waals surface area contributed by atoms with Crippen LogP contribution in [0.3, 0.4) is 0 Å². The van der Waals surface area contributed by atoms with Gasteiger partial charge in [-0.2, -0.15) is 0 Å². The molecular formula is C21H29N5O. The lowest BCUT2D eigenvalue weighted by Crippen LogP contribution is -2.28. The van der Waals surface area contributed by atoms with Crippen LogP contribution in [0.1, 0.15) is 34.5 Å². The molecule has 3 rings (SSSR count). The zero-order chi connectivity index (χ0) is 19.2. The second-order valence-electron chi connectivity index (χ2n) is 7.48. The van der Waals surface area contributed by atoms with Gasteiger partial charge >= 0.3 is 0 Å². The van der Waals surface area contributed by atoms with Crippen LogP contribution in [0.5, 0.6) is 0 Å². The monoisotopic (exact) mass is 367 g/mol. The molecule has 27 heavy (non-hydrogen) atoms. The van der Waals surface area contributed by atoms with Crippen molar-refractivity contribution in [1.29, 1.82) is 0 Å². The third-order valence-electron chi connectivity index (χ3n) is 5.07. The number of hydrogen-bond acceptors (Lipinski definition) is 5. The zero-order valence-electron chi connectivity index (χ0n) is 16.5. The highest BCUT2D eigenvalue weighted by Crippen LogP contribution is 2.21. The Labute approximate surface area is 161 Å². The highest BCUT2D eigenvalue weighted by Gasteiger charge is 2.22. The van der Waals surface area contributed by atoms with Crippen LogP contribution >= 0.6 is 0 Å². The van der Waals surface area contributed by atoms with Gasteiger partial charge in [-0.3, -0.25) is 9.69 Å². The van der Waals surface area contributed by atoms with Crippen LogP contribution in [0.4, 0.5) is 5.95 Å². The standard InChI is InChI=1S/C21H29N5O/c1-16-19(13-23-21(24-16)25(2)3)20(27)22-11-9-18-10-12-26(15-18)14-17-7-5-4-6-8-17/h4-8,13,18H,9-12,14-15H2,1-3H3,(H,22,27)/t18-/m0/s1. The van der Waals surface area contributed by atoms with E-state index in [1.54, 1.807) is 6.20 Å². The second-order valence-corrected chi connectivity index (χ2v) is 7.48. The highest BCUT2D eigenvalue weighted by molar-refractivity contribution is 5.94. The van der Waals surface area contributed by atoms with Crippen LogP contribution in [0, 0.1) is 12.8 Å². The van der Waals surface area contributed by atoms with Crippen LogP contribution in [-0.4, -0.2) is 54.5 Å². The molecule has 2 heterocycles. The number of aromatic nitrogens is 2. The first-order valence-electron chi connectivity index (χ1n) is 9.58. The predicted molar refractivity (Wildman–Crippen MR) is 108 cm³/mol. The Hall–Kier alpha value is -2.47. The smallest absolute Gasteiger partial charge is 0.254 e. The number of rotatable bonds is 7. The molecule has 1 aromatic heterocycles. The van der Waals surface area contributed by atoms with Gasteiger partial charge in [0, 0.05) is 39.9 Å². The van der Waals surface area contributed by atoms with Crippen molar-refractivity contribution < 1.29 is 4.79 Å². The van der Waals surface area contributed by atoms with Crippen molar-refractivity contribution in [2.45, 2.75) is 26.3 Å². The van der Waals surface area contributed by atoms with E-state index in [0.717, 1.165) is 26.1 Å². The Morgan fingerprint density at radius 2 is 2.07 bits per heavy atom. The molecule has 1 fully saturated rings. The summed E-state index contributed by atoms with van der Waals surface area (Å²) in [4.78, 5) is 25.4. The van der Waals surface area contributed by atoms with Gasteiger partial charge in [0.1, 0.15) is 0 Å². The molecule has 0 saturated carbocycles. The molecule has 1 amide bonds. The first-order valence-corrected chi connectivity index (χ1v) is 9.58.